The smallest absolute Gasteiger partial charge is 0.370 e. The highest BCUT2D eigenvalue weighted by Crippen LogP contribution is 2.36. The molecule has 1 N–H and O–H groups in total. The Morgan fingerprint density at radius 3 is 2.53 bits per heavy atom. The maximum absolute atomic E-state index is 12.5. The van der Waals surface area contributed by atoms with Crippen molar-refractivity contribution in [3.8, 4) is 0 Å². The zero-order valence-corrected chi connectivity index (χ0v) is 11.1. The van der Waals surface area contributed by atoms with E-state index in [1.54, 1.807) is 6.07 Å². The predicted octanol–water partition coefficient (Wildman–Crippen LogP) is 4.48. The summed E-state index contributed by atoms with van der Waals surface area (Å²) >= 11 is 0. The van der Waals surface area contributed by atoms with Gasteiger partial charge in [0.1, 0.15) is 11.5 Å². The summed E-state index contributed by atoms with van der Waals surface area (Å²) in [7, 11) is 0. The fourth-order valence-corrected chi connectivity index (χ4v) is 2.58. The Bertz CT molecular complexity index is 423. The molecule has 0 spiro atoms. The third-order valence-corrected chi connectivity index (χ3v) is 3.80. The molecule has 1 aromatic heterocycles. The molecular formula is C14H19F3N2. The van der Waals surface area contributed by atoms with Crippen molar-refractivity contribution in [1.82, 2.24) is 4.98 Å². The SMILES string of the molecule is CC1(CNc2cccc(C(F)(F)F)n2)CCCCC1. The first-order chi connectivity index (χ1) is 8.89. The van der Waals surface area contributed by atoms with Crippen LogP contribution in [0.4, 0.5) is 19.0 Å². The zero-order valence-electron chi connectivity index (χ0n) is 11.1. The molecule has 1 aliphatic carbocycles. The van der Waals surface area contributed by atoms with Crippen molar-refractivity contribution in [3.63, 3.8) is 0 Å². The Morgan fingerprint density at radius 1 is 1.21 bits per heavy atom. The molecule has 0 unspecified atom stereocenters. The van der Waals surface area contributed by atoms with Gasteiger partial charge in [0.2, 0.25) is 0 Å². The monoisotopic (exact) mass is 272 g/mol. The molecule has 0 saturated heterocycles. The van der Waals surface area contributed by atoms with Gasteiger partial charge in [0, 0.05) is 6.54 Å². The summed E-state index contributed by atoms with van der Waals surface area (Å²) in [5.74, 6) is 0.307. The van der Waals surface area contributed by atoms with Crippen molar-refractivity contribution < 1.29 is 13.2 Å². The molecule has 1 heterocycles. The van der Waals surface area contributed by atoms with Crippen LogP contribution in [0.25, 0.3) is 0 Å². The van der Waals surface area contributed by atoms with Gasteiger partial charge in [-0.05, 0) is 30.4 Å². The molecule has 1 fully saturated rings. The Kier molecular flexibility index (Phi) is 4.02. The van der Waals surface area contributed by atoms with Crippen molar-refractivity contribution in [1.29, 1.82) is 0 Å². The summed E-state index contributed by atoms with van der Waals surface area (Å²) in [6.45, 7) is 2.87. The molecule has 2 nitrogen and oxygen atoms in total. The van der Waals surface area contributed by atoms with Crippen LogP contribution in [0.3, 0.4) is 0 Å². The Balaban J connectivity index is 1.99. The average Bonchev–Trinajstić information content (AvgIpc) is 2.37. The molecule has 0 atom stereocenters. The van der Waals surface area contributed by atoms with Gasteiger partial charge in [-0.1, -0.05) is 32.3 Å². The van der Waals surface area contributed by atoms with Gasteiger partial charge in [-0.3, -0.25) is 0 Å². The molecule has 1 saturated carbocycles. The predicted molar refractivity (Wildman–Crippen MR) is 68.9 cm³/mol. The molecule has 0 bridgehead atoms. The first-order valence-corrected chi connectivity index (χ1v) is 6.67. The van der Waals surface area contributed by atoms with Crippen molar-refractivity contribution in [2.75, 3.05) is 11.9 Å². The summed E-state index contributed by atoms with van der Waals surface area (Å²) < 4.78 is 37.6. The number of rotatable bonds is 3. The molecule has 0 amide bonds. The largest absolute Gasteiger partial charge is 0.433 e. The lowest BCUT2D eigenvalue weighted by Crippen LogP contribution is -2.29. The first-order valence-electron chi connectivity index (χ1n) is 6.67. The summed E-state index contributed by atoms with van der Waals surface area (Å²) in [5, 5.41) is 3.06. The summed E-state index contributed by atoms with van der Waals surface area (Å²) in [5.41, 5.74) is -0.667. The number of nitrogens with one attached hydrogen (secondary N) is 1. The van der Waals surface area contributed by atoms with Crippen LogP contribution in [-0.4, -0.2) is 11.5 Å². The topological polar surface area (TPSA) is 24.9 Å². The van der Waals surface area contributed by atoms with E-state index in [0.29, 0.717) is 12.4 Å². The van der Waals surface area contributed by atoms with Crippen molar-refractivity contribution in [3.05, 3.63) is 23.9 Å². The standard InChI is InChI=1S/C14H19F3N2/c1-13(8-3-2-4-9-13)10-18-12-7-5-6-11(19-12)14(15,16)17/h5-7H,2-4,8-10H2,1H3,(H,18,19). The van der Waals surface area contributed by atoms with Crippen LogP contribution in [0.2, 0.25) is 0 Å². The van der Waals surface area contributed by atoms with Crippen LogP contribution in [0.1, 0.15) is 44.7 Å². The number of hydrogen-bond acceptors (Lipinski definition) is 2. The van der Waals surface area contributed by atoms with E-state index in [1.807, 2.05) is 0 Å². The van der Waals surface area contributed by atoms with Crippen LogP contribution in [0.15, 0.2) is 18.2 Å². The lowest BCUT2D eigenvalue weighted by molar-refractivity contribution is -0.141. The molecule has 1 aliphatic rings. The second-order valence-electron chi connectivity index (χ2n) is 5.63. The fourth-order valence-electron chi connectivity index (χ4n) is 2.58. The molecule has 5 heteroatoms. The van der Waals surface area contributed by atoms with Crippen LogP contribution < -0.4 is 5.32 Å². The second-order valence-corrected chi connectivity index (χ2v) is 5.63. The lowest BCUT2D eigenvalue weighted by atomic mass is 9.76. The molecule has 0 aliphatic heterocycles. The Labute approximate surface area is 111 Å². The maximum Gasteiger partial charge on any atom is 0.433 e. The van der Waals surface area contributed by atoms with Gasteiger partial charge in [-0.25, -0.2) is 4.98 Å². The number of anilines is 1. The number of aromatic nitrogens is 1. The van der Waals surface area contributed by atoms with Gasteiger partial charge in [0.05, 0.1) is 0 Å². The second kappa shape index (κ2) is 5.39. The average molecular weight is 272 g/mol. The molecule has 0 radical (unpaired) electrons. The lowest BCUT2D eigenvalue weighted by Gasteiger charge is -2.33. The van der Waals surface area contributed by atoms with Crippen LogP contribution >= 0.6 is 0 Å². The van der Waals surface area contributed by atoms with E-state index >= 15 is 0 Å². The number of pyridine rings is 1. The van der Waals surface area contributed by atoms with Crippen molar-refractivity contribution >= 4 is 5.82 Å². The van der Waals surface area contributed by atoms with Crippen LogP contribution in [-0.2, 0) is 6.18 Å². The highest BCUT2D eigenvalue weighted by molar-refractivity contribution is 5.36. The molecule has 19 heavy (non-hydrogen) atoms. The van der Waals surface area contributed by atoms with Crippen molar-refractivity contribution in [2.24, 2.45) is 5.41 Å². The highest BCUT2D eigenvalue weighted by Gasteiger charge is 2.32. The summed E-state index contributed by atoms with van der Waals surface area (Å²) in [6, 6.07) is 3.97. The molecule has 1 aromatic rings. The Morgan fingerprint density at radius 2 is 1.89 bits per heavy atom. The normalized spacial score (nSPS) is 19.2. The molecule has 2 rings (SSSR count). The molecule has 106 valence electrons. The van der Waals surface area contributed by atoms with Gasteiger partial charge in [-0.15, -0.1) is 0 Å². The highest BCUT2D eigenvalue weighted by atomic mass is 19.4. The van der Waals surface area contributed by atoms with E-state index in [4.69, 9.17) is 0 Å². The third-order valence-electron chi connectivity index (χ3n) is 3.80. The number of hydrogen-bond donors (Lipinski definition) is 1. The van der Waals surface area contributed by atoms with Gasteiger partial charge in [0.15, 0.2) is 0 Å². The minimum atomic E-state index is -4.38. The minimum Gasteiger partial charge on any atom is -0.370 e. The minimum absolute atomic E-state index is 0.175. The van der Waals surface area contributed by atoms with E-state index in [9.17, 15) is 13.2 Å². The summed E-state index contributed by atoms with van der Waals surface area (Å²) in [4.78, 5) is 3.62. The van der Waals surface area contributed by atoms with E-state index in [-0.39, 0.29) is 5.41 Å². The van der Waals surface area contributed by atoms with Crippen LogP contribution in [0, 0.1) is 5.41 Å². The van der Waals surface area contributed by atoms with Gasteiger partial charge < -0.3 is 5.32 Å². The fraction of sp³-hybridized carbons (Fsp3) is 0.643. The first kappa shape index (κ1) is 14.2. The van der Waals surface area contributed by atoms with E-state index in [0.717, 1.165) is 18.9 Å². The maximum atomic E-state index is 12.5. The van der Waals surface area contributed by atoms with Gasteiger partial charge in [0.25, 0.3) is 0 Å². The number of halogens is 3. The van der Waals surface area contributed by atoms with E-state index in [2.05, 4.69) is 17.2 Å². The van der Waals surface area contributed by atoms with E-state index in [1.165, 1.54) is 25.3 Å². The Hall–Kier alpha value is -1.26. The zero-order chi connectivity index (χ0) is 13.9. The van der Waals surface area contributed by atoms with Crippen molar-refractivity contribution in [2.45, 2.75) is 45.2 Å². The van der Waals surface area contributed by atoms with E-state index < -0.39 is 11.9 Å². The number of nitrogens with zero attached hydrogens (tertiary/aromatic N) is 1. The quantitative estimate of drug-likeness (QED) is 0.877. The number of alkyl halides is 3. The molecular weight excluding hydrogens is 253 g/mol. The summed E-state index contributed by atoms with van der Waals surface area (Å²) in [6.07, 6.45) is 1.53. The van der Waals surface area contributed by atoms with Crippen LogP contribution in [0.5, 0.6) is 0 Å². The molecule has 0 aromatic carbocycles. The van der Waals surface area contributed by atoms with Gasteiger partial charge in [-0.2, -0.15) is 13.2 Å². The van der Waals surface area contributed by atoms with Gasteiger partial charge >= 0.3 is 6.18 Å². The third kappa shape index (κ3) is 3.85.